The van der Waals surface area contributed by atoms with Crippen LogP contribution in [0.2, 0.25) is 0 Å². The highest BCUT2D eigenvalue weighted by atomic mass is 32.2. The maximum atomic E-state index is 12.4. The van der Waals surface area contributed by atoms with E-state index in [2.05, 4.69) is 0 Å². The predicted octanol–water partition coefficient (Wildman–Crippen LogP) is 0.874. The van der Waals surface area contributed by atoms with Gasteiger partial charge in [-0.15, -0.1) is 11.3 Å². The van der Waals surface area contributed by atoms with Crippen LogP contribution in [0.3, 0.4) is 0 Å². The van der Waals surface area contributed by atoms with E-state index in [1.807, 2.05) is 6.07 Å². The van der Waals surface area contributed by atoms with E-state index in [1.165, 1.54) is 16.4 Å². The molecule has 0 atom stereocenters. The summed E-state index contributed by atoms with van der Waals surface area (Å²) in [7, 11) is -3.58. The molecule has 1 fully saturated rings. The molecule has 0 saturated carbocycles. The average Bonchev–Trinajstić information content (AvgIpc) is 2.95. The van der Waals surface area contributed by atoms with Gasteiger partial charge in [-0.2, -0.15) is 9.57 Å². The highest BCUT2D eigenvalue weighted by molar-refractivity contribution is 7.91. The van der Waals surface area contributed by atoms with E-state index in [4.69, 9.17) is 15.1 Å². The van der Waals surface area contributed by atoms with Crippen molar-refractivity contribution in [3.63, 3.8) is 0 Å². The van der Waals surface area contributed by atoms with Crippen LogP contribution >= 0.6 is 11.3 Å². The van der Waals surface area contributed by atoms with Crippen molar-refractivity contribution in [2.24, 2.45) is 0 Å². The summed E-state index contributed by atoms with van der Waals surface area (Å²) in [6.07, 6.45) is 0.692. The first-order valence-electron chi connectivity index (χ1n) is 6.27. The molecule has 2 heterocycles. The minimum absolute atomic E-state index is 0.156. The number of aliphatic carboxylic acids is 1. The molecule has 0 amide bonds. The van der Waals surface area contributed by atoms with E-state index in [-0.39, 0.29) is 30.0 Å². The fourth-order valence-corrected chi connectivity index (χ4v) is 4.80. The Morgan fingerprint density at radius 3 is 2.67 bits per heavy atom. The van der Waals surface area contributed by atoms with E-state index >= 15 is 0 Å². The van der Waals surface area contributed by atoms with Crippen LogP contribution in [0.15, 0.2) is 16.3 Å². The van der Waals surface area contributed by atoms with Crippen LogP contribution in [0, 0.1) is 11.3 Å². The molecule has 1 N–H and O–H groups in total. The third kappa shape index (κ3) is 3.79. The van der Waals surface area contributed by atoms with Crippen LogP contribution in [0.4, 0.5) is 0 Å². The Bertz CT molecular complexity index is 653. The summed E-state index contributed by atoms with van der Waals surface area (Å²) in [4.78, 5) is 10.8. The predicted molar refractivity (Wildman–Crippen MR) is 74.4 cm³/mol. The molecular weight excluding hydrogens is 316 g/mol. The van der Waals surface area contributed by atoms with Crippen molar-refractivity contribution in [1.82, 2.24) is 4.31 Å². The molecule has 7 nitrogen and oxygen atoms in total. The number of nitrogens with zero attached hydrogens (tertiary/aromatic N) is 2. The first-order valence-corrected chi connectivity index (χ1v) is 8.52. The van der Waals surface area contributed by atoms with Gasteiger partial charge in [0, 0.05) is 13.1 Å². The van der Waals surface area contributed by atoms with Crippen LogP contribution < -0.4 is 0 Å². The molecule has 0 radical (unpaired) electrons. The average molecular weight is 330 g/mol. The largest absolute Gasteiger partial charge is 0.480 e. The van der Waals surface area contributed by atoms with Gasteiger partial charge in [0.1, 0.15) is 21.8 Å². The molecule has 0 spiro atoms. The number of ether oxygens (including phenoxy) is 1. The maximum Gasteiger partial charge on any atom is 0.329 e. The Hall–Kier alpha value is -1.47. The van der Waals surface area contributed by atoms with Crippen LogP contribution in [0.5, 0.6) is 0 Å². The second-order valence-electron chi connectivity index (χ2n) is 4.54. The van der Waals surface area contributed by atoms with Crippen molar-refractivity contribution < 1.29 is 23.1 Å². The standard InChI is InChI=1S/C12H14N2O5S2/c13-7-10-1-2-12(20-10)21(17,18)14-5-3-9(4-6-14)19-8-11(15)16/h1-2,9H,3-6,8H2,(H,15,16). The third-order valence-corrected chi connectivity index (χ3v) is 6.49. The van der Waals surface area contributed by atoms with Crippen LogP contribution in [-0.2, 0) is 19.6 Å². The minimum atomic E-state index is -3.58. The fraction of sp³-hybridized carbons (Fsp3) is 0.500. The lowest BCUT2D eigenvalue weighted by atomic mass is 10.1. The lowest BCUT2D eigenvalue weighted by Crippen LogP contribution is -2.41. The van der Waals surface area contributed by atoms with Gasteiger partial charge in [-0.25, -0.2) is 13.2 Å². The van der Waals surface area contributed by atoms with Gasteiger partial charge >= 0.3 is 5.97 Å². The number of hydrogen-bond acceptors (Lipinski definition) is 6. The first-order chi connectivity index (χ1) is 9.93. The molecule has 1 aromatic rings. The summed E-state index contributed by atoms with van der Waals surface area (Å²) >= 11 is 0.949. The monoisotopic (exact) mass is 330 g/mol. The summed E-state index contributed by atoms with van der Waals surface area (Å²) in [5, 5.41) is 17.3. The van der Waals surface area contributed by atoms with Crippen molar-refractivity contribution in [3.05, 3.63) is 17.0 Å². The highest BCUT2D eigenvalue weighted by Crippen LogP contribution is 2.27. The molecule has 0 unspecified atom stereocenters. The molecule has 9 heteroatoms. The van der Waals surface area contributed by atoms with Crippen molar-refractivity contribution in [2.45, 2.75) is 23.2 Å². The number of rotatable bonds is 5. The van der Waals surface area contributed by atoms with Crippen molar-refractivity contribution in [1.29, 1.82) is 5.26 Å². The number of carbonyl (C=O) groups is 1. The van der Waals surface area contributed by atoms with E-state index in [0.29, 0.717) is 17.7 Å². The number of hydrogen-bond donors (Lipinski definition) is 1. The zero-order valence-corrected chi connectivity index (χ0v) is 12.7. The highest BCUT2D eigenvalue weighted by Gasteiger charge is 2.31. The Balaban J connectivity index is 1.98. The molecule has 2 rings (SSSR count). The molecule has 0 bridgehead atoms. The van der Waals surface area contributed by atoms with Gasteiger partial charge in [-0.3, -0.25) is 0 Å². The third-order valence-electron chi connectivity index (χ3n) is 3.13. The lowest BCUT2D eigenvalue weighted by molar-refractivity contribution is -0.145. The smallest absolute Gasteiger partial charge is 0.329 e. The van der Waals surface area contributed by atoms with E-state index in [1.54, 1.807) is 0 Å². The Labute approximate surface area is 126 Å². The van der Waals surface area contributed by atoms with Crippen molar-refractivity contribution >= 4 is 27.3 Å². The summed E-state index contributed by atoms with van der Waals surface area (Å²) in [6.45, 7) is 0.201. The van der Waals surface area contributed by atoms with Gasteiger partial charge in [-0.1, -0.05) is 0 Å². The van der Waals surface area contributed by atoms with Gasteiger partial charge in [0.15, 0.2) is 0 Å². The lowest BCUT2D eigenvalue weighted by Gasteiger charge is -2.30. The molecule has 0 aliphatic carbocycles. The van der Waals surface area contributed by atoms with Gasteiger partial charge < -0.3 is 9.84 Å². The van der Waals surface area contributed by atoms with Crippen molar-refractivity contribution in [2.75, 3.05) is 19.7 Å². The zero-order chi connectivity index (χ0) is 15.5. The SMILES string of the molecule is N#Cc1ccc(S(=O)(=O)N2CCC(OCC(=O)O)CC2)s1. The van der Waals surface area contributed by atoms with Gasteiger partial charge in [0.25, 0.3) is 10.0 Å². The van der Waals surface area contributed by atoms with Gasteiger partial charge in [-0.05, 0) is 25.0 Å². The number of nitriles is 1. The maximum absolute atomic E-state index is 12.4. The first kappa shape index (κ1) is 15.9. The molecular formula is C12H14N2O5S2. The van der Waals surface area contributed by atoms with Crippen LogP contribution in [0.25, 0.3) is 0 Å². The second-order valence-corrected chi connectivity index (χ2v) is 7.79. The van der Waals surface area contributed by atoms with E-state index in [9.17, 15) is 13.2 Å². The quantitative estimate of drug-likeness (QED) is 0.858. The van der Waals surface area contributed by atoms with E-state index in [0.717, 1.165) is 11.3 Å². The number of sulfonamides is 1. The Morgan fingerprint density at radius 1 is 1.48 bits per heavy atom. The fourth-order valence-electron chi connectivity index (χ4n) is 2.07. The summed E-state index contributed by atoms with van der Waals surface area (Å²) in [5.74, 6) is -1.03. The van der Waals surface area contributed by atoms with Gasteiger partial charge in [0.05, 0.1) is 6.10 Å². The molecule has 1 aromatic heterocycles. The van der Waals surface area contributed by atoms with E-state index < -0.39 is 16.0 Å². The van der Waals surface area contributed by atoms with Gasteiger partial charge in [0.2, 0.25) is 0 Å². The second kappa shape index (κ2) is 6.53. The summed E-state index contributed by atoms with van der Waals surface area (Å²) < 4.78 is 31.4. The minimum Gasteiger partial charge on any atom is -0.480 e. The zero-order valence-electron chi connectivity index (χ0n) is 11.1. The summed E-state index contributed by atoms with van der Waals surface area (Å²) in [5.41, 5.74) is 0. The molecule has 21 heavy (non-hydrogen) atoms. The van der Waals surface area contributed by atoms with Crippen LogP contribution in [0.1, 0.15) is 17.7 Å². The molecule has 1 saturated heterocycles. The molecule has 114 valence electrons. The summed E-state index contributed by atoms with van der Waals surface area (Å²) in [6, 6.07) is 4.84. The van der Waals surface area contributed by atoms with Crippen LogP contribution in [-0.4, -0.2) is 49.6 Å². The Kier molecular flexibility index (Phi) is 4.95. The number of carboxylic acid groups (broad SMARTS) is 1. The number of piperidine rings is 1. The molecule has 1 aliphatic rings. The topological polar surface area (TPSA) is 108 Å². The number of thiophene rings is 1. The molecule has 1 aliphatic heterocycles. The van der Waals surface area contributed by atoms with Crippen molar-refractivity contribution in [3.8, 4) is 6.07 Å². The molecule has 0 aromatic carbocycles. The normalized spacial score (nSPS) is 17.5. The Morgan fingerprint density at radius 2 is 2.14 bits per heavy atom. The number of carboxylic acids is 1.